The van der Waals surface area contributed by atoms with Crippen LogP contribution < -0.4 is 0 Å². The summed E-state index contributed by atoms with van der Waals surface area (Å²) in [5, 5.41) is 0.792. The van der Waals surface area contributed by atoms with Crippen LogP contribution in [0.25, 0.3) is 10.9 Å². The number of para-hydroxylation sites is 1. The molecule has 2 aromatic carbocycles. The van der Waals surface area contributed by atoms with Gasteiger partial charge in [0.2, 0.25) is 0 Å². The molecule has 0 saturated carbocycles. The number of pyridine rings is 1. The molecule has 0 aliphatic carbocycles. The van der Waals surface area contributed by atoms with Gasteiger partial charge in [-0.3, -0.25) is 9.88 Å². The fraction of sp³-hybridized carbons (Fsp3) is 0.407. The van der Waals surface area contributed by atoms with Crippen LogP contribution in [0.15, 0.2) is 48.5 Å². The van der Waals surface area contributed by atoms with Gasteiger partial charge >= 0.3 is 18.4 Å². The van der Waals surface area contributed by atoms with Crippen LogP contribution in [0.3, 0.4) is 0 Å². The third-order valence-corrected chi connectivity index (χ3v) is 5.41. The Morgan fingerprint density at radius 1 is 0.892 bits per heavy atom. The second-order valence-electron chi connectivity index (χ2n) is 9.79. The van der Waals surface area contributed by atoms with Crippen LogP contribution in [0.1, 0.15) is 62.1 Å². The average Bonchev–Trinajstić information content (AvgIpc) is 2.76. The molecule has 0 fully saturated rings. The van der Waals surface area contributed by atoms with Gasteiger partial charge in [-0.25, -0.2) is 4.79 Å². The van der Waals surface area contributed by atoms with E-state index in [0.29, 0.717) is 29.8 Å². The standard InChI is InChI=1S/C27H28F6N2O2/c1-5-8-22-19(13-18-9-6-7-10-23(18)34-22)16-35(24(36)37-25(2,3)4)15-17-11-20(26(28,29)30)14-21(12-17)27(31,32)33/h6-7,9-14H,5,8,15-16H2,1-4H3. The second-order valence-corrected chi connectivity index (χ2v) is 9.79. The summed E-state index contributed by atoms with van der Waals surface area (Å²) in [7, 11) is 0. The highest BCUT2D eigenvalue weighted by Crippen LogP contribution is 2.37. The van der Waals surface area contributed by atoms with Crippen LogP contribution in [0.4, 0.5) is 31.1 Å². The predicted molar refractivity (Wildman–Crippen MR) is 128 cm³/mol. The fourth-order valence-corrected chi connectivity index (χ4v) is 3.84. The molecular formula is C27H28F6N2O2. The zero-order valence-electron chi connectivity index (χ0n) is 20.9. The zero-order valence-corrected chi connectivity index (χ0v) is 20.9. The van der Waals surface area contributed by atoms with Crippen molar-refractivity contribution in [2.75, 3.05) is 0 Å². The highest BCUT2D eigenvalue weighted by Gasteiger charge is 2.37. The summed E-state index contributed by atoms with van der Waals surface area (Å²) in [6.45, 7) is 6.17. The number of benzene rings is 2. The molecule has 0 unspecified atom stereocenters. The number of aryl methyl sites for hydroxylation is 1. The topological polar surface area (TPSA) is 42.4 Å². The number of halogens is 6. The molecule has 4 nitrogen and oxygen atoms in total. The molecule has 1 amide bonds. The average molecular weight is 527 g/mol. The Balaban J connectivity index is 2.08. The lowest BCUT2D eigenvalue weighted by atomic mass is 10.0. The summed E-state index contributed by atoms with van der Waals surface area (Å²) >= 11 is 0. The Labute approximate surface area is 211 Å². The molecule has 0 atom stereocenters. The first kappa shape index (κ1) is 28.3. The van der Waals surface area contributed by atoms with Gasteiger partial charge in [-0.2, -0.15) is 26.3 Å². The number of alkyl halides is 6. The molecule has 37 heavy (non-hydrogen) atoms. The van der Waals surface area contributed by atoms with Gasteiger partial charge < -0.3 is 4.74 Å². The van der Waals surface area contributed by atoms with Crippen LogP contribution in [0.2, 0.25) is 0 Å². The van der Waals surface area contributed by atoms with E-state index in [1.165, 1.54) is 0 Å². The van der Waals surface area contributed by atoms with Crippen molar-refractivity contribution < 1.29 is 35.9 Å². The molecule has 0 bridgehead atoms. The molecule has 3 rings (SSSR count). The van der Waals surface area contributed by atoms with Crippen molar-refractivity contribution >= 4 is 17.0 Å². The van der Waals surface area contributed by atoms with Gasteiger partial charge in [0.25, 0.3) is 0 Å². The number of nitrogens with zero attached hydrogens (tertiary/aromatic N) is 2. The molecule has 200 valence electrons. The SMILES string of the molecule is CCCc1nc2ccccc2cc1CN(Cc1cc(C(F)(F)F)cc(C(F)(F)F)c1)C(=O)OC(C)(C)C. The summed E-state index contributed by atoms with van der Waals surface area (Å²) in [6, 6.07) is 10.5. The van der Waals surface area contributed by atoms with E-state index in [1.54, 1.807) is 20.8 Å². The van der Waals surface area contributed by atoms with E-state index >= 15 is 0 Å². The molecule has 0 N–H and O–H groups in total. The minimum atomic E-state index is -5.00. The van der Waals surface area contributed by atoms with Gasteiger partial charge in [-0.1, -0.05) is 31.5 Å². The highest BCUT2D eigenvalue weighted by molar-refractivity contribution is 5.79. The summed E-state index contributed by atoms with van der Waals surface area (Å²) in [5.41, 5.74) is -2.08. The van der Waals surface area contributed by atoms with Crippen molar-refractivity contribution in [3.63, 3.8) is 0 Å². The van der Waals surface area contributed by atoms with Crippen LogP contribution >= 0.6 is 0 Å². The Morgan fingerprint density at radius 2 is 1.49 bits per heavy atom. The Hall–Kier alpha value is -3.30. The van der Waals surface area contributed by atoms with E-state index in [1.807, 2.05) is 37.3 Å². The smallest absolute Gasteiger partial charge is 0.416 e. The number of rotatable bonds is 6. The van der Waals surface area contributed by atoms with E-state index in [9.17, 15) is 31.1 Å². The summed E-state index contributed by atoms with van der Waals surface area (Å²) in [4.78, 5) is 18.9. The number of ether oxygens (including phenoxy) is 1. The first-order chi connectivity index (χ1) is 17.1. The van der Waals surface area contributed by atoms with Crippen molar-refractivity contribution in [2.45, 2.75) is 71.6 Å². The van der Waals surface area contributed by atoms with Gasteiger partial charge in [0.1, 0.15) is 5.60 Å². The molecule has 10 heteroatoms. The lowest BCUT2D eigenvalue weighted by Crippen LogP contribution is -2.36. The van der Waals surface area contributed by atoms with Crippen molar-refractivity contribution in [1.29, 1.82) is 0 Å². The van der Waals surface area contributed by atoms with E-state index in [4.69, 9.17) is 4.74 Å². The van der Waals surface area contributed by atoms with E-state index < -0.39 is 41.7 Å². The monoisotopic (exact) mass is 526 g/mol. The Bertz CT molecular complexity index is 1230. The quantitative estimate of drug-likeness (QED) is 0.304. The summed E-state index contributed by atoms with van der Waals surface area (Å²) in [5.74, 6) is 0. The number of amides is 1. The molecule has 0 spiro atoms. The maximum Gasteiger partial charge on any atom is 0.416 e. The van der Waals surface area contributed by atoms with Gasteiger partial charge in [0.15, 0.2) is 0 Å². The van der Waals surface area contributed by atoms with Crippen molar-refractivity contribution in [1.82, 2.24) is 9.88 Å². The molecule has 0 aliphatic heterocycles. The predicted octanol–water partition coefficient (Wildman–Crippen LogP) is 8.16. The Kier molecular flexibility index (Phi) is 8.09. The molecule has 3 aromatic rings. The largest absolute Gasteiger partial charge is 0.444 e. The van der Waals surface area contributed by atoms with Gasteiger partial charge in [0.05, 0.1) is 23.2 Å². The number of carbonyl (C=O) groups is 1. The molecule has 0 aliphatic rings. The summed E-state index contributed by atoms with van der Waals surface area (Å²) < 4.78 is 85.9. The van der Waals surface area contributed by atoms with E-state index in [2.05, 4.69) is 4.98 Å². The number of hydrogen-bond donors (Lipinski definition) is 0. The molecule has 1 heterocycles. The third kappa shape index (κ3) is 7.60. The first-order valence-corrected chi connectivity index (χ1v) is 11.7. The number of aromatic nitrogens is 1. The molecule has 0 saturated heterocycles. The van der Waals surface area contributed by atoms with E-state index in [0.717, 1.165) is 22.2 Å². The molecule has 1 aromatic heterocycles. The van der Waals surface area contributed by atoms with Crippen LogP contribution in [-0.2, 0) is 36.6 Å². The minimum absolute atomic E-state index is 0.0634. The number of fused-ring (bicyclic) bond motifs is 1. The zero-order chi connectivity index (χ0) is 27.6. The van der Waals surface area contributed by atoms with Gasteiger partial charge in [-0.05, 0) is 68.7 Å². The van der Waals surface area contributed by atoms with Crippen molar-refractivity contribution in [3.8, 4) is 0 Å². The highest BCUT2D eigenvalue weighted by atomic mass is 19.4. The van der Waals surface area contributed by atoms with Gasteiger partial charge in [0, 0.05) is 17.6 Å². The molecule has 0 radical (unpaired) electrons. The third-order valence-electron chi connectivity index (χ3n) is 5.41. The van der Waals surface area contributed by atoms with Crippen molar-refractivity contribution in [3.05, 3.63) is 76.5 Å². The lowest BCUT2D eigenvalue weighted by Gasteiger charge is -2.28. The van der Waals surface area contributed by atoms with Gasteiger partial charge in [-0.15, -0.1) is 0 Å². The van der Waals surface area contributed by atoms with E-state index in [-0.39, 0.29) is 18.2 Å². The summed E-state index contributed by atoms with van der Waals surface area (Å²) in [6.07, 6.45) is -9.54. The second kappa shape index (κ2) is 10.6. The maximum atomic E-state index is 13.4. The van der Waals surface area contributed by atoms with Crippen LogP contribution in [0.5, 0.6) is 0 Å². The Morgan fingerprint density at radius 3 is 2.03 bits per heavy atom. The normalized spacial score (nSPS) is 12.6. The number of carbonyl (C=O) groups excluding carboxylic acids is 1. The van der Waals surface area contributed by atoms with Crippen molar-refractivity contribution in [2.24, 2.45) is 0 Å². The lowest BCUT2D eigenvalue weighted by molar-refractivity contribution is -0.143. The first-order valence-electron chi connectivity index (χ1n) is 11.7. The van der Waals surface area contributed by atoms with Crippen LogP contribution in [0, 0.1) is 0 Å². The van der Waals surface area contributed by atoms with Crippen LogP contribution in [-0.4, -0.2) is 21.6 Å². The molecular weight excluding hydrogens is 498 g/mol. The minimum Gasteiger partial charge on any atom is -0.444 e. The number of hydrogen-bond acceptors (Lipinski definition) is 3. The maximum absolute atomic E-state index is 13.4. The fourth-order valence-electron chi connectivity index (χ4n) is 3.84.